The van der Waals surface area contributed by atoms with Gasteiger partial charge < -0.3 is 15.3 Å². The summed E-state index contributed by atoms with van der Waals surface area (Å²) in [7, 11) is 0. The third kappa shape index (κ3) is 4.60. The first-order valence-corrected chi connectivity index (χ1v) is 5.89. The molecule has 0 spiro atoms. The van der Waals surface area contributed by atoms with Crippen molar-refractivity contribution in [1.29, 1.82) is 0 Å². The Hall–Kier alpha value is -2.07. The van der Waals surface area contributed by atoms with Gasteiger partial charge in [0.2, 0.25) is 0 Å². The second-order valence-corrected chi connectivity index (χ2v) is 4.37. The average Bonchev–Trinajstić information content (AvgIpc) is 2.33. The van der Waals surface area contributed by atoms with Crippen LogP contribution in [0.3, 0.4) is 0 Å². The van der Waals surface area contributed by atoms with Gasteiger partial charge in [-0.3, -0.25) is 4.79 Å². The van der Waals surface area contributed by atoms with Crippen molar-refractivity contribution >= 4 is 33.6 Å². The molecule has 2 amide bonds. The van der Waals surface area contributed by atoms with E-state index in [1.807, 2.05) is 0 Å². The number of carboxylic acids is 1. The fraction of sp³-hybridized carbons (Fsp3) is 0.167. The summed E-state index contributed by atoms with van der Waals surface area (Å²) in [6.07, 6.45) is 5.05. The molecule has 2 N–H and O–H groups in total. The van der Waals surface area contributed by atoms with Crippen molar-refractivity contribution < 1.29 is 19.1 Å². The van der Waals surface area contributed by atoms with Gasteiger partial charge in [-0.05, 0) is 34.1 Å². The largest absolute Gasteiger partial charge is 0.480 e. The van der Waals surface area contributed by atoms with E-state index in [9.17, 15) is 14.0 Å². The number of rotatable bonds is 4. The number of amides is 2. The maximum atomic E-state index is 13.3. The number of terminal acetylenes is 1. The maximum Gasteiger partial charge on any atom is 0.323 e. The molecule has 0 fully saturated rings. The van der Waals surface area contributed by atoms with Gasteiger partial charge in [-0.15, -0.1) is 6.42 Å². The zero-order valence-electron chi connectivity index (χ0n) is 9.69. The molecule has 0 saturated carbocycles. The summed E-state index contributed by atoms with van der Waals surface area (Å²) in [6.45, 7) is -0.688. The first-order valence-electron chi connectivity index (χ1n) is 5.10. The summed E-state index contributed by atoms with van der Waals surface area (Å²) in [6, 6.07) is 3.30. The molecule has 19 heavy (non-hydrogen) atoms. The number of urea groups is 1. The zero-order valence-corrected chi connectivity index (χ0v) is 11.3. The van der Waals surface area contributed by atoms with Gasteiger partial charge in [0, 0.05) is 5.69 Å². The summed E-state index contributed by atoms with van der Waals surface area (Å²) < 4.78 is 13.5. The molecule has 0 radical (unpaired) electrons. The average molecular weight is 329 g/mol. The van der Waals surface area contributed by atoms with E-state index in [0.717, 1.165) is 11.0 Å². The molecule has 0 aromatic heterocycles. The Balaban J connectivity index is 2.78. The highest BCUT2D eigenvalue weighted by atomic mass is 79.9. The highest BCUT2D eigenvalue weighted by molar-refractivity contribution is 9.10. The van der Waals surface area contributed by atoms with Crippen molar-refractivity contribution in [2.45, 2.75) is 0 Å². The number of anilines is 1. The van der Waals surface area contributed by atoms with Crippen LogP contribution in [0.4, 0.5) is 14.9 Å². The first-order chi connectivity index (χ1) is 8.93. The summed E-state index contributed by atoms with van der Waals surface area (Å²) in [5.41, 5.74) is 0.207. The Morgan fingerprint density at radius 3 is 2.74 bits per heavy atom. The third-order valence-electron chi connectivity index (χ3n) is 2.07. The van der Waals surface area contributed by atoms with Crippen LogP contribution in [-0.2, 0) is 4.79 Å². The van der Waals surface area contributed by atoms with Crippen molar-refractivity contribution in [2.75, 3.05) is 18.4 Å². The number of nitrogens with zero attached hydrogens (tertiary/aromatic N) is 1. The van der Waals surface area contributed by atoms with E-state index in [4.69, 9.17) is 11.5 Å². The van der Waals surface area contributed by atoms with E-state index in [-0.39, 0.29) is 16.7 Å². The van der Waals surface area contributed by atoms with Gasteiger partial charge in [-0.2, -0.15) is 0 Å². The predicted octanol–water partition coefficient (Wildman–Crippen LogP) is 2.14. The molecule has 1 aromatic rings. The number of carbonyl (C=O) groups is 2. The Morgan fingerprint density at radius 1 is 1.53 bits per heavy atom. The quantitative estimate of drug-likeness (QED) is 0.832. The fourth-order valence-corrected chi connectivity index (χ4v) is 1.50. The second-order valence-electron chi connectivity index (χ2n) is 3.51. The van der Waals surface area contributed by atoms with Gasteiger partial charge in [0.1, 0.15) is 12.4 Å². The normalized spacial score (nSPS) is 9.53. The molecule has 0 aliphatic rings. The van der Waals surface area contributed by atoms with E-state index in [2.05, 4.69) is 27.2 Å². The molecular weight excluding hydrogens is 319 g/mol. The molecule has 7 heteroatoms. The molecule has 0 aliphatic heterocycles. The van der Waals surface area contributed by atoms with Crippen LogP contribution in [-0.4, -0.2) is 35.1 Å². The van der Waals surface area contributed by atoms with Crippen molar-refractivity contribution in [1.82, 2.24) is 4.90 Å². The second kappa shape index (κ2) is 6.75. The van der Waals surface area contributed by atoms with Crippen molar-refractivity contribution in [3.05, 3.63) is 28.5 Å². The van der Waals surface area contributed by atoms with Gasteiger partial charge in [0.15, 0.2) is 0 Å². The van der Waals surface area contributed by atoms with Gasteiger partial charge >= 0.3 is 12.0 Å². The van der Waals surface area contributed by atoms with Crippen LogP contribution in [0.5, 0.6) is 0 Å². The molecule has 100 valence electrons. The number of benzene rings is 1. The lowest BCUT2D eigenvalue weighted by Crippen LogP contribution is -2.39. The maximum absolute atomic E-state index is 13.3. The summed E-state index contributed by atoms with van der Waals surface area (Å²) >= 11 is 2.98. The Morgan fingerprint density at radius 2 is 2.21 bits per heavy atom. The molecule has 1 aromatic carbocycles. The number of aliphatic carboxylic acids is 1. The highest BCUT2D eigenvalue weighted by Gasteiger charge is 2.16. The van der Waals surface area contributed by atoms with Gasteiger partial charge in [0.25, 0.3) is 0 Å². The molecular formula is C12H10BrFN2O3. The molecule has 1 rings (SSSR count). The Labute approximate surface area is 117 Å². The van der Waals surface area contributed by atoms with Crippen LogP contribution in [0.2, 0.25) is 0 Å². The third-order valence-corrected chi connectivity index (χ3v) is 2.71. The fourth-order valence-electron chi connectivity index (χ4n) is 1.25. The lowest BCUT2D eigenvalue weighted by molar-refractivity contribution is -0.137. The van der Waals surface area contributed by atoms with E-state index in [1.54, 1.807) is 0 Å². The van der Waals surface area contributed by atoms with Crippen LogP contribution >= 0.6 is 15.9 Å². The van der Waals surface area contributed by atoms with Gasteiger partial charge in [-0.1, -0.05) is 5.92 Å². The van der Waals surface area contributed by atoms with Crippen molar-refractivity contribution in [3.63, 3.8) is 0 Å². The monoisotopic (exact) mass is 328 g/mol. The number of nitrogens with one attached hydrogen (secondary N) is 1. The van der Waals surface area contributed by atoms with Gasteiger partial charge in [0.05, 0.1) is 11.0 Å². The Bertz CT molecular complexity index is 542. The highest BCUT2D eigenvalue weighted by Crippen LogP contribution is 2.19. The van der Waals surface area contributed by atoms with Crippen molar-refractivity contribution in [3.8, 4) is 12.3 Å². The molecule has 0 heterocycles. The number of hydrogen-bond donors (Lipinski definition) is 2. The summed E-state index contributed by atoms with van der Waals surface area (Å²) in [4.78, 5) is 23.3. The summed E-state index contributed by atoms with van der Waals surface area (Å²) in [5, 5.41) is 11.0. The smallest absolute Gasteiger partial charge is 0.323 e. The number of halogens is 2. The lowest BCUT2D eigenvalue weighted by atomic mass is 10.3. The van der Waals surface area contributed by atoms with Crippen molar-refractivity contribution in [2.24, 2.45) is 0 Å². The Kier molecular flexibility index (Phi) is 5.33. The topological polar surface area (TPSA) is 69.6 Å². The van der Waals surface area contributed by atoms with Crippen LogP contribution in [0, 0.1) is 18.2 Å². The number of carboxylic acid groups (broad SMARTS) is 1. The molecule has 0 saturated heterocycles. The number of carbonyl (C=O) groups excluding carboxylic acids is 1. The zero-order chi connectivity index (χ0) is 14.4. The van der Waals surface area contributed by atoms with Crippen LogP contribution in [0.1, 0.15) is 0 Å². The lowest BCUT2D eigenvalue weighted by Gasteiger charge is -2.18. The first kappa shape index (κ1) is 15.0. The minimum Gasteiger partial charge on any atom is -0.480 e. The van der Waals surface area contributed by atoms with E-state index in [0.29, 0.717) is 0 Å². The van der Waals surface area contributed by atoms with Crippen LogP contribution in [0.25, 0.3) is 0 Å². The number of hydrogen-bond acceptors (Lipinski definition) is 2. The minimum absolute atomic E-state index is 0.156. The molecule has 0 unspecified atom stereocenters. The predicted molar refractivity (Wildman–Crippen MR) is 71.2 cm³/mol. The van der Waals surface area contributed by atoms with E-state index >= 15 is 0 Å². The van der Waals surface area contributed by atoms with Crippen LogP contribution in [0.15, 0.2) is 22.7 Å². The molecule has 0 aliphatic carbocycles. The van der Waals surface area contributed by atoms with Gasteiger partial charge in [-0.25, -0.2) is 9.18 Å². The van der Waals surface area contributed by atoms with E-state index < -0.39 is 24.4 Å². The molecule has 0 bridgehead atoms. The molecule has 0 atom stereocenters. The standard InChI is InChI=1S/C12H10BrFN2O3/c1-2-5-16(7-11(17)18)12(19)15-8-3-4-9(13)10(14)6-8/h1,3-4,6H,5,7H2,(H,15,19)(H,17,18). The summed E-state index contributed by atoms with van der Waals surface area (Å²) in [5.74, 6) is 0.451. The van der Waals surface area contributed by atoms with E-state index in [1.165, 1.54) is 12.1 Å². The SMILES string of the molecule is C#CCN(CC(=O)O)C(=O)Nc1ccc(Br)c(F)c1. The minimum atomic E-state index is -1.19. The molecule has 5 nitrogen and oxygen atoms in total. The van der Waals surface area contributed by atoms with Crippen LogP contribution < -0.4 is 5.32 Å².